The molecule has 7 nitrogen and oxygen atoms in total. The first-order chi connectivity index (χ1) is 16.2. The molecule has 12 heteroatoms. The van der Waals surface area contributed by atoms with Gasteiger partial charge in [0.25, 0.3) is 21.8 Å². The van der Waals surface area contributed by atoms with E-state index >= 15 is 0 Å². The molecule has 1 aromatic carbocycles. The van der Waals surface area contributed by atoms with Crippen molar-refractivity contribution in [3.63, 3.8) is 0 Å². The molecular formula is C22H23Cl2N4O3S3+. The molecule has 0 spiro atoms. The van der Waals surface area contributed by atoms with Crippen molar-refractivity contribution in [2.24, 2.45) is 0 Å². The summed E-state index contributed by atoms with van der Waals surface area (Å²) in [6.45, 7) is 2.92. The average molecular weight is 559 g/mol. The van der Waals surface area contributed by atoms with E-state index in [1.54, 1.807) is 23.1 Å². The van der Waals surface area contributed by atoms with Crippen LogP contribution in [-0.4, -0.2) is 92.2 Å². The summed E-state index contributed by atoms with van der Waals surface area (Å²) in [5.74, 6) is 0.861. The molecule has 0 saturated carbocycles. The number of piperazine rings is 1. The first-order valence-electron chi connectivity index (χ1n) is 10.7. The third kappa shape index (κ3) is 4.14. The predicted octanol–water partition coefficient (Wildman–Crippen LogP) is 3.75. The second-order valence-electron chi connectivity index (χ2n) is 8.40. The highest BCUT2D eigenvalue weighted by atomic mass is 35.5. The van der Waals surface area contributed by atoms with Crippen molar-refractivity contribution in [2.75, 3.05) is 53.4 Å². The van der Waals surface area contributed by atoms with E-state index in [1.807, 2.05) is 25.5 Å². The summed E-state index contributed by atoms with van der Waals surface area (Å²) in [5, 5.41) is 3.81. The van der Waals surface area contributed by atoms with Crippen molar-refractivity contribution < 1.29 is 17.8 Å². The monoisotopic (exact) mass is 557 g/mol. The summed E-state index contributed by atoms with van der Waals surface area (Å²) in [6, 6.07) is 7.03. The van der Waals surface area contributed by atoms with Gasteiger partial charge < -0.3 is 4.90 Å². The van der Waals surface area contributed by atoms with E-state index in [0.717, 1.165) is 34.6 Å². The second-order valence-corrected chi connectivity index (χ2v) is 13.3. The third-order valence-corrected chi connectivity index (χ3v) is 11.4. The maximum atomic E-state index is 13.2. The topological polar surface area (TPSA) is 63.9 Å². The molecule has 5 rings (SSSR count). The predicted molar refractivity (Wildman–Crippen MR) is 139 cm³/mol. The standard InChI is InChI=1S/C22H23Cl2N4O3S3/c1-25-5-6-26(2)21(25)16-13-32-20(19(16)24)22(29)27-7-9-28(10-8-27)34(30,31)18-11-14-3-4-15(23)12-17(14)33-18/h3-4,11-13H,5-10H2,1-2H3/q+1. The first-order valence-corrected chi connectivity index (χ1v) is 14.6. The van der Waals surface area contributed by atoms with E-state index in [9.17, 15) is 13.2 Å². The van der Waals surface area contributed by atoms with Gasteiger partial charge in [-0.3, -0.25) is 14.3 Å². The lowest BCUT2D eigenvalue weighted by Crippen LogP contribution is -2.50. The van der Waals surface area contributed by atoms with Crippen molar-refractivity contribution in [3.05, 3.63) is 50.1 Å². The molecule has 2 aliphatic rings. The molecule has 2 aromatic heterocycles. The maximum absolute atomic E-state index is 13.2. The fraction of sp³-hybridized carbons (Fsp3) is 0.364. The number of hydrogen-bond acceptors (Lipinski definition) is 6. The number of halogens is 2. The van der Waals surface area contributed by atoms with Crippen LogP contribution in [0.4, 0.5) is 0 Å². The number of amidine groups is 1. The number of benzene rings is 1. The molecule has 1 saturated heterocycles. The summed E-state index contributed by atoms with van der Waals surface area (Å²) < 4.78 is 31.1. The van der Waals surface area contributed by atoms with Gasteiger partial charge in [-0.05, 0) is 23.6 Å². The number of carbonyl (C=O) groups is 1. The van der Waals surface area contributed by atoms with Crippen molar-refractivity contribution >= 4 is 77.7 Å². The van der Waals surface area contributed by atoms with Gasteiger partial charge >= 0.3 is 0 Å². The molecule has 2 aliphatic heterocycles. The smallest absolute Gasteiger partial charge is 0.281 e. The number of thiophene rings is 2. The lowest BCUT2D eigenvalue weighted by Gasteiger charge is -2.33. The Morgan fingerprint density at radius 1 is 1.09 bits per heavy atom. The van der Waals surface area contributed by atoms with E-state index in [1.165, 1.54) is 27.0 Å². The number of sulfonamides is 1. The summed E-state index contributed by atoms with van der Waals surface area (Å²) in [5.41, 5.74) is 0.864. The highest BCUT2D eigenvalue weighted by Crippen LogP contribution is 2.34. The molecule has 180 valence electrons. The lowest BCUT2D eigenvalue weighted by molar-refractivity contribution is -0.486. The van der Waals surface area contributed by atoms with Crippen LogP contribution in [0.25, 0.3) is 10.1 Å². The molecule has 1 amide bonds. The van der Waals surface area contributed by atoms with Crippen LogP contribution in [0.5, 0.6) is 0 Å². The van der Waals surface area contributed by atoms with E-state index in [-0.39, 0.29) is 23.2 Å². The number of hydrogen-bond donors (Lipinski definition) is 0. The fourth-order valence-electron chi connectivity index (χ4n) is 4.36. The Morgan fingerprint density at radius 2 is 1.82 bits per heavy atom. The summed E-state index contributed by atoms with van der Waals surface area (Å²) in [4.78, 5) is 17.5. The zero-order valence-electron chi connectivity index (χ0n) is 18.6. The van der Waals surface area contributed by atoms with Gasteiger partial charge in [0.15, 0.2) is 0 Å². The number of carbonyl (C=O) groups excluding carboxylic acids is 1. The largest absolute Gasteiger partial charge is 0.335 e. The van der Waals surface area contributed by atoms with Crippen LogP contribution < -0.4 is 0 Å². The molecule has 0 aliphatic carbocycles. The van der Waals surface area contributed by atoms with Crippen LogP contribution in [0, 0.1) is 0 Å². The lowest BCUT2D eigenvalue weighted by atomic mass is 10.2. The Labute approximate surface area is 216 Å². The van der Waals surface area contributed by atoms with Crippen LogP contribution >= 0.6 is 45.9 Å². The minimum Gasteiger partial charge on any atom is -0.335 e. The van der Waals surface area contributed by atoms with Gasteiger partial charge in [0, 0.05) is 41.3 Å². The van der Waals surface area contributed by atoms with Crippen molar-refractivity contribution in [2.45, 2.75) is 4.21 Å². The molecular weight excluding hydrogens is 535 g/mol. The third-order valence-electron chi connectivity index (χ3n) is 6.24. The van der Waals surface area contributed by atoms with Crippen LogP contribution in [0.2, 0.25) is 10.0 Å². The first kappa shape index (κ1) is 24.0. The summed E-state index contributed by atoms with van der Waals surface area (Å²) in [7, 11) is 0.381. The molecule has 34 heavy (non-hydrogen) atoms. The molecule has 0 N–H and O–H groups in total. The number of nitrogens with zero attached hydrogens (tertiary/aromatic N) is 4. The van der Waals surface area contributed by atoms with Crippen LogP contribution in [0.3, 0.4) is 0 Å². The van der Waals surface area contributed by atoms with E-state index in [4.69, 9.17) is 23.2 Å². The molecule has 4 heterocycles. The SMILES string of the molecule is CN1CC[N+](C)=C1c1csc(C(=O)N2CCN(S(=O)(=O)c3cc4ccc(Cl)cc4s3)CC2)c1Cl. The Balaban J connectivity index is 1.30. The Kier molecular flexibility index (Phi) is 6.41. The van der Waals surface area contributed by atoms with Gasteiger partial charge in [-0.1, -0.05) is 29.3 Å². The molecule has 0 atom stereocenters. The number of amides is 1. The van der Waals surface area contributed by atoms with Gasteiger partial charge in [-0.2, -0.15) is 4.31 Å². The van der Waals surface area contributed by atoms with Gasteiger partial charge in [-0.25, -0.2) is 8.42 Å². The molecule has 3 aromatic rings. The fourth-order valence-corrected chi connectivity index (χ4v) is 8.94. The quantitative estimate of drug-likeness (QED) is 0.458. The number of rotatable bonds is 4. The molecule has 0 unspecified atom stereocenters. The van der Waals surface area contributed by atoms with Gasteiger partial charge in [0.05, 0.1) is 24.7 Å². The number of likely N-dealkylation sites (N-methyl/N-ethyl adjacent to an activating group) is 2. The Bertz CT molecular complexity index is 1420. The zero-order valence-corrected chi connectivity index (χ0v) is 22.6. The second kappa shape index (κ2) is 9.07. The molecule has 0 bridgehead atoms. The normalized spacial score (nSPS) is 17.9. The summed E-state index contributed by atoms with van der Waals surface area (Å²) in [6.07, 6.45) is 0. The van der Waals surface area contributed by atoms with Crippen LogP contribution in [0.15, 0.2) is 33.9 Å². The van der Waals surface area contributed by atoms with Gasteiger partial charge in [-0.15, -0.1) is 22.7 Å². The van der Waals surface area contributed by atoms with Gasteiger partial charge in [0.1, 0.15) is 22.2 Å². The van der Waals surface area contributed by atoms with Crippen molar-refractivity contribution in [1.82, 2.24) is 14.1 Å². The maximum Gasteiger partial charge on any atom is 0.281 e. The van der Waals surface area contributed by atoms with E-state index in [0.29, 0.717) is 28.0 Å². The average Bonchev–Trinajstić information content (AvgIpc) is 3.50. The van der Waals surface area contributed by atoms with Crippen LogP contribution in [-0.2, 0) is 10.0 Å². The van der Waals surface area contributed by atoms with Crippen molar-refractivity contribution in [3.8, 4) is 0 Å². The Hall–Kier alpha value is -1.69. The van der Waals surface area contributed by atoms with E-state index < -0.39 is 10.0 Å². The van der Waals surface area contributed by atoms with E-state index in [2.05, 4.69) is 9.48 Å². The van der Waals surface area contributed by atoms with Crippen molar-refractivity contribution in [1.29, 1.82) is 0 Å². The highest BCUT2D eigenvalue weighted by molar-refractivity contribution is 7.91. The van der Waals surface area contributed by atoms with Crippen LogP contribution in [0.1, 0.15) is 15.2 Å². The Morgan fingerprint density at radius 3 is 2.50 bits per heavy atom. The highest BCUT2D eigenvalue weighted by Gasteiger charge is 2.35. The summed E-state index contributed by atoms with van der Waals surface area (Å²) >= 11 is 15.2. The molecule has 1 fully saturated rings. The minimum absolute atomic E-state index is 0.154. The number of fused-ring (bicyclic) bond motifs is 1. The minimum atomic E-state index is -3.64. The zero-order chi connectivity index (χ0) is 24.2. The van der Waals surface area contributed by atoms with Gasteiger partial charge in [0.2, 0.25) is 0 Å². The molecule has 0 radical (unpaired) electrons.